The molecule has 5 heteroatoms. The molecule has 1 aliphatic heterocycles. The van der Waals surface area contributed by atoms with Crippen molar-refractivity contribution in [2.24, 2.45) is 0 Å². The Morgan fingerprint density at radius 2 is 2.39 bits per heavy atom. The molecule has 0 aromatic heterocycles. The number of nitriles is 1. The first kappa shape index (κ1) is 12.5. The lowest BCUT2D eigenvalue weighted by atomic mass is 10.2. The first-order valence-electron chi connectivity index (χ1n) is 5.48. The molecule has 1 aromatic carbocycles. The second-order valence-electron chi connectivity index (χ2n) is 3.73. The van der Waals surface area contributed by atoms with E-state index in [4.69, 9.17) is 10.00 Å². The van der Waals surface area contributed by atoms with Gasteiger partial charge in [-0.05, 0) is 25.1 Å². The van der Waals surface area contributed by atoms with Gasteiger partial charge in [-0.15, -0.1) is 11.8 Å². The molecule has 0 saturated carbocycles. The summed E-state index contributed by atoms with van der Waals surface area (Å²) in [4.78, 5) is 12.6. The van der Waals surface area contributed by atoms with Gasteiger partial charge in [0.05, 0.1) is 18.2 Å². The molecule has 0 radical (unpaired) electrons. The minimum atomic E-state index is -0.188. The zero-order valence-electron chi connectivity index (χ0n) is 9.90. The Labute approximate surface area is 110 Å². The van der Waals surface area contributed by atoms with Crippen molar-refractivity contribution in [3.8, 4) is 6.07 Å². The van der Waals surface area contributed by atoms with Gasteiger partial charge in [0.25, 0.3) is 5.91 Å². The van der Waals surface area contributed by atoms with Gasteiger partial charge in [0, 0.05) is 11.4 Å². The summed E-state index contributed by atoms with van der Waals surface area (Å²) < 4.78 is 5.34. The minimum Gasteiger partial charge on any atom is -0.496 e. The predicted molar refractivity (Wildman–Crippen MR) is 70.9 cm³/mol. The molecule has 1 N–H and O–H groups in total. The van der Waals surface area contributed by atoms with E-state index in [0.29, 0.717) is 28.5 Å². The lowest BCUT2D eigenvalue weighted by molar-refractivity contribution is -0.112. The van der Waals surface area contributed by atoms with E-state index in [9.17, 15) is 4.79 Å². The topological polar surface area (TPSA) is 62.1 Å². The van der Waals surface area contributed by atoms with E-state index < -0.39 is 0 Å². The molecule has 2 rings (SSSR count). The van der Waals surface area contributed by atoms with Crippen molar-refractivity contribution >= 4 is 23.4 Å². The molecular formula is C13H12N2O2S. The maximum atomic E-state index is 12.0. The van der Waals surface area contributed by atoms with Gasteiger partial charge in [-0.2, -0.15) is 5.26 Å². The first-order chi connectivity index (χ1) is 8.70. The average molecular weight is 260 g/mol. The number of benzene rings is 1. The molecule has 1 heterocycles. The van der Waals surface area contributed by atoms with Crippen LogP contribution in [-0.2, 0) is 9.53 Å². The molecule has 0 saturated heterocycles. The van der Waals surface area contributed by atoms with Crippen molar-refractivity contribution in [1.29, 1.82) is 5.26 Å². The largest absolute Gasteiger partial charge is 0.496 e. The van der Waals surface area contributed by atoms with E-state index >= 15 is 0 Å². The number of carbonyl (C=O) groups excluding carboxylic acids is 1. The molecule has 0 unspecified atom stereocenters. The number of anilines is 1. The number of carbonyl (C=O) groups is 1. The third-order valence-corrected chi connectivity index (χ3v) is 3.56. The Hall–Kier alpha value is -1.93. The van der Waals surface area contributed by atoms with Crippen LogP contribution < -0.4 is 5.32 Å². The van der Waals surface area contributed by atoms with E-state index in [2.05, 4.69) is 5.32 Å². The highest BCUT2D eigenvalue weighted by molar-refractivity contribution is 8.04. The second-order valence-corrected chi connectivity index (χ2v) is 4.83. The summed E-state index contributed by atoms with van der Waals surface area (Å²) in [6, 6.07) is 8.86. The highest BCUT2D eigenvalue weighted by atomic mass is 32.2. The summed E-state index contributed by atoms with van der Waals surface area (Å²) in [5.41, 5.74) is 1.14. The molecule has 0 spiro atoms. The molecule has 0 fully saturated rings. The molecule has 1 aromatic rings. The van der Waals surface area contributed by atoms with Gasteiger partial charge >= 0.3 is 0 Å². The third kappa shape index (κ3) is 2.84. The average Bonchev–Trinajstić information content (AvgIpc) is 2.39. The fourth-order valence-corrected chi connectivity index (χ4v) is 2.40. The highest BCUT2D eigenvalue weighted by Gasteiger charge is 2.18. The van der Waals surface area contributed by atoms with Gasteiger partial charge in [0.2, 0.25) is 0 Å². The van der Waals surface area contributed by atoms with Crippen molar-refractivity contribution in [2.75, 3.05) is 17.7 Å². The zero-order valence-corrected chi connectivity index (χ0v) is 10.7. The first-order valence-corrected chi connectivity index (χ1v) is 6.47. The fraction of sp³-hybridized carbons (Fsp3) is 0.231. The van der Waals surface area contributed by atoms with E-state index in [1.54, 1.807) is 31.2 Å². The molecule has 18 heavy (non-hydrogen) atoms. The van der Waals surface area contributed by atoms with Crippen LogP contribution in [0.15, 0.2) is 34.9 Å². The van der Waals surface area contributed by atoms with Crippen LogP contribution in [0.3, 0.4) is 0 Å². The standard InChI is InChI=1S/C13H12N2O2S/c1-9-12(18-6-5-17-9)13(16)15-11-4-2-3-10(7-11)8-14/h2-4,7H,5-6H2,1H3,(H,15,16). The second kappa shape index (κ2) is 5.61. The number of thioether (sulfide) groups is 1. The quantitative estimate of drug-likeness (QED) is 0.887. The molecule has 92 valence electrons. The molecule has 1 aliphatic rings. The predicted octanol–water partition coefficient (Wildman–Crippen LogP) is 2.49. The van der Waals surface area contributed by atoms with Crippen LogP contribution in [-0.4, -0.2) is 18.3 Å². The minimum absolute atomic E-state index is 0.188. The smallest absolute Gasteiger partial charge is 0.265 e. The normalized spacial score (nSPS) is 14.7. The van der Waals surface area contributed by atoms with Crippen molar-refractivity contribution in [2.45, 2.75) is 6.92 Å². The lowest BCUT2D eigenvalue weighted by Gasteiger charge is -2.17. The molecule has 4 nitrogen and oxygen atoms in total. The molecule has 0 atom stereocenters. The van der Waals surface area contributed by atoms with Crippen LogP contribution >= 0.6 is 11.8 Å². The number of nitrogens with zero attached hydrogens (tertiary/aromatic N) is 1. The van der Waals surface area contributed by atoms with Gasteiger partial charge in [-0.3, -0.25) is 4.79 Å². The zero-order chi connectivity index (χ0) is 13.0. The molecular weight excluding hydrogens is 248 g/mol. The number of hydrogen-bond donors (Lipinski definition) is 1. The van der Waals surface area contributed by atoms with Crippen molar-refractivity contribution < 1.29 is 9.53 Å². The number of allylic oxidation sites excluding steroid dienone is 1. The van der Waals surface area contributed by atoms with E-state index in [1.807, 2.05) is 6.07 Å². The van der Waals surface area contributed by atoms with Gasteiger partial charge in [0.1, 0.15) is 10.7 Å². The maximum absolute atomic E-state index is 12.0. The maximum Gasteiger partial charge on any atom is 0.265 e. The number of ether oxygens (including phenoxy) is 1. The van der Waals surface area contributed by atoms with Gasteiger partial charge in [-0.25, -0.2) is 0 Å². The van der Waals surface area contributed by atoms with Crippen LogP contribution in [0.5, 0.6) is 0 Å². The van der Waals surface area contributed by atoms with Crippen molar-refractivity contribution in [3.05, 3.63) is 40.5 Å². The van der Waals surface area contributed by atoms with Crippen LogP contribution in [0.1, 0.15) is 12.5 Å². The van der Waals surface area contributed by atoms with Crippen LogP contribution in [0.4, 0.5) is 5.69 Å². The number of hydrogen-bond acceptors (Lipinski definition) is 4. The number of amides is 1. The van der Waals surface area contributed by atoms with Crippen LogP contribution in [0, 0.1) is 11.3 Å². The fourth-order valence-electron chi connectivity index (χ4n) is 1.59. The Bertz CT molecular complexity index is 546. The molecule has 1 amide bonds. The summed E-state index contributed by atoms with van der Waals surface area (Å²) in [6.45, 7) is 2.42. The van der Waals surface area contributed by atoms with Crippen LogP contribution in [0.2, 0.25) is 0 Å². The molecule has 0 aliphatic carbocycles. The van der Waals surface area contributed by atoms with Gasteiger partial charge in [0.15, 0.2) is 0 Å². The van der Waals surface area contributed by atoms with Crippen LogP contribution in [0.25, 0.3) is 0 Å². The monoisotopic (exact) mass is 260 g/mol. The Morgan fingerprint density at radius 3 is 3.11 bits per heavy atom. The summed E-state index contributed by atoms with van der Waals surface area (Å²) in [5.74, 6) is 1.24. The van der Waals surface area contributed by atoms with E-state index in [-0.39, 0.29) is 5.91 Å². The summed E-state index contributed by atoms with van der Waals surface area (Å²) in [6.07, 6.45) is 0. The highest BCUT2D eigenvalue weighted by Crippen LogP contribution is 2.26. The Balaban J connectivity index is 2.14. The number of rotatable bonds is 2. The van der Waals surface area contributed by atoms with Crippen molar-refractivity contribution in [3.63, 3.8) is 0 Å². The molecule has 0 bridgehead atoms. The van der Waals surface area contributed by atoms with E-state index in [1.165, 1.54) is 11.8 Å². The lowest BCUT2D eigenvalue weighted by Crippen LogP contribution is -2.18. The summed E-state index contributed by atoms with van der Waals surface area (Å²) >= 11 is 1.49. The summed E-state index contributed by atoms with van der Waals surface area (Å²) in [5, 5.41) is 11.6. The number of nitrogens with one attached hydrogen (secondary N) is 1. The Morgan fingerprint density at radius 1 is 1.56 bits per heavy atom. The SMILES string of the molecule is CC1=C(C(=O)Nc2cccc(C#N)c2)SCCO1. The van der Waals surface area contributed by atoms with E-state index in [0.717, 1.165) is 5.75 Å². The third-order valence-electron chi connectivity index (χ3n) is 2.42. The van der Waals surface area contributed by atoms with Crippen molar-refractivity contribution in [1.82, 2.24) is 0 Å². The summed E-state index contributed by atoms with van der Waals surface area (Å²) in [7, 11) is 0. The van der Waals surface area contributed by atoms with Gasteiger partial charge < -0.3 is 10.1 Å². The Kier molecular flexibility index (Phi) is 3.90. The van der Waals surface area contributed by atoms with Gasteiger partial charge in [-0.1, -0.05) is 6.07 Å².